The standard InChI is InChI=1S/C11H12N2O/c1-9-2-4-10(5-3-9)8-13-7-6-11(14)12-13/h2-5,8H,6-7H2,1H3/p+1/b13-8+. The fourth-order valence-electron chi connectivity index (χ4n) is 1.42. The summed E-state index contributed by atoms with van der Waals surface area (Å²) in [6, 6.07) is 8.20. The van der Waals surface area contributed by atoms with E-state index in [0.29, 0.717) is 6.42 Å². The molecule has 0 atom stereocenters. The van der Waals surface area contributed by atoms with Gasteiger partial charge in [0.2, 0.25) is 6.21 Å². The molecule has 1 aromatic rings. The van der Waals surface area contributed by atoms with E-state index in [0.717, 1.165) is 12.1 Å². The number of carbonyl (C=O) groups excluding carboxylic acids is 1. The Balaban J connectivity index is 2.17. The van der Waals surface area contributed by atoms with Crippen molar-refractivity contribution in [3.63, 3.8) is 0 Å². The van der Waals surface area contributed by atoms with Gasteiger partial charge in [0.15, 0.2) is 6.54 Å². The molecule has 3 nitrogen and oxygen atoms in total. The fourth-order valence-corrected chi connectivity index (χ4v) is 1.42. The van der Waals surface area contributed by atoms with E-state index in [1.54, 1.807) is 0 Å². The van der Waals surface area contributed by atoms with Gasteiger partial charge in [0.25, 0.3) is 5.91 Å². The first-order valence-corrected chi connectivity index (χ1v) is 4.72. The number of nitrogens with zero attached hydrogens (tertiary/aromatic N) is 1. The van der Waals surface area contributed by atoms with E-state index < -0.39 is 0 Å². The number of hydrazine groups is 1. The summed E-state index contributed by atoms with van der Waals surface area (Å²) in [6.07, 6.45) is 2.53. The summed E-state index contributed by atoms with van der Waals surface area (Å²) in [6.45, 7) is 2.81. The minimum absolute atomic E-state index is 0.0911. The molecule has 14 heavy (non-hydrogen) atoms. The summed E-state index contributed by atoms with van der Waals surface area (Å²) < 4.78 is 1.83. The van der Waals surface area contributed by atoms with Gasteiger partial charge < -0.3 is 0 Å². The SMILES string of the molecule is Cc1ccc(/C=[N+]2\CCC(=O)N2)cc1. The van der Waals surface area contributed by atoms with Crippen LogP contribution in [0.15, 0.2) is 24.3 Å². The van der Waals surface area contributed by atoms with Crippen LogP contribution in [-0.4, -0.2) is 23.4 Å². The topological polar surface area (TPSA) is 32.1 Å². The molecular formula is C11H13N2O+. The molecule has 0 aromatic heterocycles. The van der Waals surface area contributed by atoms with Crippen LogP contribution >= 0.6 is 0 Å². The summed E-state index contributed by atoms with van der Waals surface area (Å²) in [7, 11) is 0. The lowest BCUT2D eigenvalue weighted by molar-refractivity contribution is -0.553. The van der Waals surface area contributed by atoms with Crippen molar-refractivity contribution in [2.75, 3.05) is 6.54 Å². The molecule has 2 rings (SSSR count). The van der Waals surface area contributed by atoms with Crippen molar-refractivity contribution in [2.45, 2.75) is 13.3 Å². The highest BCUT2D eigenvalue weighted by atomic mass is 16.2. The molecule has 1 amide bonds. The smallest absolute Gasteiger partial charge is 0.269 e. The van der Waals surface area contributed by atoms with Gasteiger partial charge in [0.05, 0.1) is 6.42 Å². The lowest BCUT2D eigenvalue weighted by Gasteiger charge is -1.93. The summed E-state index contributed by atoms with van der Waals surface area (Å²) >= 11 is 0. The third-order valence-corrected chi connectivity index (χ3v) is 2.23. The van der Waals surface area contributed by atoms with Gasteiger partial charge in [-0.3, -0.25) is 4.79 Å². The second-order valence-corrected chi connectivity index (χ2v) is 3.52. The van der Waals surface area contributed by atoms with E-state index in [-0.39, 0.29) is 5.91 Å². The molecule has 0 saturated carbocycles. The maximum Gasteiger partial charge on any atom is 0.280 e. The van der Waals surface area contributed by atoms with Crippen molar-refractivity contribution in [2.24, 2.45) is 0 Å². The van der Waals surface area contributed by atoms with Crippen LogP contribution < -0.4 is 5.43 Å². The van der Waals surface area contributed by atoms with Gasteiger partial charge in [-0.2, -0.15) is 0 Å². The monoisotopic (exact) mass is 189 g/mol. The molecule has 1 aliphatic rings. The van der Waals surface area contributed by atoms with Gasteiger partial charge in [-0.1, -0.05) is 17.7 Å². The highest BCUT2D eigenvalue weighted by Gasteiger charge is 2.20. The number of hydrogen-bond acceptors (Lipinski definition) is 1. The van der Waals surface area contributed by atoms with Crippen LogP contribution in [0.4, 0.5) is 0 Å². The zero-order valence-electron chi connectivity index (χ0n) is 8.16. The van der Waals surface area contributed by atoms with E-state index in [2.05, 4.69) is 24.5 Å². The molecule has 0 bridgehead atoms. The van der Waals surface area contributed by atoms with E-state index in [4.69, 9.17) is 0 Å². The fraction of sp³-hybridized carbons (Fsp3) is 0.273. The van der Waals surface area contributed by atoms with Gasteiger partial charge in [0.1, 0.15) is 0 Å². The molecule has 3 heteroatoms. The molecule has 1 aliphatic heterocycles. The molecule has 0 spiro atoms. The highest BCUT2D eigenvalue weighted by Crippen LogP contribution is 2.01. The number of rotatable bonds is 1. The van der Waals surface area contributed by atoms with Crippen molar-refractivity contribution in [3.8, 4) is 0 Å². The Kier molecular flexibility index (Phi) is 2.31. The summed E-state index contributed by atoms with van der Waals surface area (Å²) in [5.74, 6) is 0.0911. The van der Waals surface area contributed by atoms with Crippen LogP contribution in [0.25, 0.3) is 0 Å². The first kappa shape index (κ1) is 8.94. The largest absolute Gasteiger partial charge is 0.280 e. The minimum atomic E-state index is 0.0911. The number of carbonyl (C=O) groups is 1. The van der Waals surface area contributed by atoms with Crippen LogP contribution in [0, 0.1) is 6.92 Å². The third kappa shape index (κ3) is 1.99. The van der Waals surface area contributed by atoms with Crippen LogP contribution in [0.2, 0.25) is 0 Å². The van der Waals surface area contributed by atoms with E-state index >= 15 is 0 Å². The molecule has 1 N–H and O–H groups in total. The Labute approximate surface area is 83.0 Å². The maximum absolute atomic E-state index is 10.9. The van der Waals surface area contributed by atoms with Gasteiger partial charge in [-0.05, 0) is 19.1 Å². The van der Waals surface area contributed by atoms with Gasteiger partial charge >= 0.3 is 0 Å². The molecular weight excluding hydrogens is 176 g/mol. The number of benzene rings is 1. The number of nitrogens with one attached hydrogen (secondary N) is 1. The van der Waals surface area contributed by atoms with Gasteiger partial charge in [-0.25, -0.2) is 0 Å². The van der Waals surface area contributed by atoms with Crippen LogP contribution in [-0.2, 0) is 4.79 Å². The third-order valence-electron chi connectivity index (χ3n) is 2.23. The Morgan fingerprint density at radius 3 is 2.64 bits per heavy atom. The lowest BCUT2D eigenvalue weighted by Crippen LogP contribution is -2.25. The Hall–Kier alpha value is -1.64. The quantitative estimate of drug-likeness (QED) is 0.653. The predicted octanol–water partition coefficient (Wildman–Crippen LogP) is 0.861. The number of hydrazone groups is 1. The molecule has 1 aromatic carbocycles. The van der Waals surface area contributed by atoms with Crippen molar-refractivity contribution in [3.05, 3.63) is 35.4 Å². The highest BCUT2D eigenvalue weighted by molar-refractivity contribution is 5.79. The normalized spacial score (nSPS) is 18.6. The first-order chi connectivity index (χ1) is 6.74. The lowest BCUT2D eigenvalue weighted by atomic mass is 10.2. The molecule has 0 aliphatic carbocycles. The van der Waals surface area contributed by atoms with Crippen molar-refractivity contribution in [1.82, 2.24) is 5.43 Å². The van der Waals surface area contributed by atoms with Crippen LogP contribution in [0.1, 0.15) is 17.5 Å². The van der Waals surface area contributed by atoms with Crippen molar-refractivity contribution in [1.29, 1.82) is 0 Å². The number of hydrogen-bond donors (Lipinski definition) is 1. The van der Waals surface area contributed by atoms with E-state index in [9.17, 15) is 4.79 Å². The Bertz CT molecular complexity index is 379. The molecule has 72 valence electrons. The second-order valence-electron chi connectivity index (χ2n) is 3.52. The number of amides is 1. The van der Waals surface area contributed by atoms with Gasteiger partial charge in [-0.15, -0.1) is 10.1 Å². The Morgan fingerprint density at radius 2 is 2.07 bits per heavy atom. The molecule has 1 saturated heterocycles. The maximum atomic E-state index is 10.9. The summed E-state index contributed by atoms with van der Waals surface area (Å²) in [5.41, 5.74) is 5.11. The summed E-state index contributed by atoms with van der Waals surface area (Å²) in [5, 5.41) is 0. The molecule has 1 fully saturated rings. The zero-order valence-corrected chi connectivity index (χ0v) is 8.16. The van der Waals surface area contributed by atoms with Crippen LogP contribution in [0.3, 0.4) is 0 Å². The summed E-state index contributed by atoms with van der Waals surface area (Å²) in [4.78, 5) is 10.9. The second kappa shape index (κ2) is 3.62. The number of aryl methyl sites for hydroxylation is 1. The van der Waals surface area contributed by atoms with E-state index in [1.165, 1.54) is 5.56 Å². The molecule has 1 heterocycles. The first-order valence-electron chi connectivity index (χ1n) is 4.72. The molecule has 0 radical (unpaired) electrons. The molecule has 0 unspecified atom stereocenters. The van der Waals surface area contributed by atoms with Crippen molar-refractivity contribution >= 4 is 12.1 Å². The van der Waals surface area contributed by atoms with Crippen molar-refractivity contribution < 1.29 is 9.48 Å². The Morgan fingerprint density at radius 1 is 1.36 bits per heavy atom. The van der Waals surface area contributed by atoms with Crippen LogP contribution in [0.5, 0.6) is 0 Å². The van der Waals surface area contributed by atoms with Gasteiger partial charge in [0, 0.05) is 5.56 Å². The zero-order chi connectivity index (χ0) is 9.97. The average molecular weight is 189 g/mol. The average Bonchev–Trinajstić information content (AvgIpc) is 2.56. The predicted molar refractivity (Wildman–Crippen MR) is 54.2 cm³/mol. The van der Waals surface area contributed by atoms with E-state index in [1.807, 2.05) is 23.0 Å². The minimum Gasteiger partial charge on any atom is -0.269 e.